The normalized spacial score (nSPS) is 27.8. The lowest BCUT2D eigenvalue weighted by Gasteiger charge is -2.29. The predicted molar refractivity (Wildman–Crippen MR) is 71.3 cm³/mol. The number of ether oxygens (including phenoxy) is 1. The van der Waals surface area contributed by atoms with E-state index >= 15 is 0 Å². The SMILES string of the molecule is CCC(C)C(N)C(=O)NC1CCOC(C)C1.Cl. The first kappa shape index (κ1) is 16.7. The molecule has 4 nitrogen and oxygen atoms in total. The Morgan fingerprint density at radius 2 is 2.24 bits per heavy atom. The van der Waals surface area contributed by atoms with E-state index in [0.29, 0.717) is 0 Å². The maximum absolute atomic E-state index is 11.8. The number of halogens is 1. The Morgan fingerprint density at radius 3 is 2.76 bits per heavy atom. The van der Waals surface area contributed by atoms with Gasteiger partial charge in [0, 0.05) is 12.6 Å². The topological polar surface area (TPSA) is 64.4 Å². The summed E-state index contributed by atoms with van der Waals surface area (Å²) in [4.78, 5) is 11.8. The van der Waals surface area contributed by atoms with E-state index in [9.17, 15) is 4.79 Å². The quantitative estimate of drug-likeness (QED) is 0.808. The Bertz CT molecular complexity index is 239. The molecule has 1 aliphatic rings. The third-order valence-electron chi connectivity index (χ3n) is 3.39. The van der Waals surface area contributed by atoms with Crippen molar-refractivity contribution >= 4 is 18.3 Å². The van der Waals surface area contributed by atoms with Crippen molar-refractivity contribution in [2.24, 2.45) is 11.7 Å². The van der Waals surface area contributed by atoms with E-state index in [2.05, 4.69) is 5.32 Å². The summed E-state index contributed by atoms with van der Waals surface area (Å²) in [7, 11) is 0. The summed E-state index contributed by atoms with van der Waals surface area (Å²) in [5.41, 5.74) is 5.88. The van der Waals surface area contributed by atoms with Gasteiger partial charge in [-0.05, 0) is 25.7 Å². The highest BCUT2D eigenvalue weighted by molar-refractivity contribution is 5.85. The zero-order valence-electron chi connectivity index (χ0n) is 10.9. The molecule has 1 fully saturated rings. The molecule has 0 bridgehead atoms. The van der Waals surface area contributed by atoms with E-state index in [1.807, 2.05) is 20.8 Å². The van der Waals surface area contributed by atoms with E-state index in [1.165, 1.54) is 0 Å². The van der Waals surface area contributed by atoms with Crippen LogP contribution in [0.4, 0.5) is 0 Å². The van der Waals surface area contributed by atoms with Crippen LogP contribution in [0.2, 0.25) is 0 Å². The summed E-state index contributed by atoms with van der Waals surface area (Å²) in [5.74, 6) is 0.214. The molecule has 1 rings (SSSR count). The van der Waals surface area contributed by atoms with Crippen molar-refractivity contribution in [2.45, 2.75) is 58.2 Å². The molecule has 1 saturated heterocycles. The molecule has 17 heavy (non-hydrogen) atoms. The van der Waals surface area contributed by atoms with E-state index in [-0.39, 0.29) is 42.4 Å². The second kappa shape index (κ2) is 7.90. The average Bonchev–Trinajstić information content (AvgIpc) is 2.27. The third kappa shape index (κ3) is 5.23. The van der Waals surface area contributed by atoms with Crippen LogP contribution in [0.1, 0.15) is 40.0 Å². The molecule has 1 amide bonds. The van der Waals surface area contributed by atoms with Crippen LogP contribution in [-0.2, 0) is 9.53 Å². The minimum atomic E-state index is -0.386. The molecular weight excluding hydrogens is 240 g/mol. The molecule has 1 aliphatic heterocycles. The van der Waals surface area contributed by atoms with Gasteiger partial charge < -0.3 is 15.8 Å². The number of nitrogens with two attached hydrogens (primary N) is 1. The van der Waals surface area contributed by atoms with Gasteiger partial charge in [0.25, 0.3) is 0 Å². The van der Waals surface area contributed by atoms with E-state index in [0.717, 1.165) is 25.9 Å². The lowest BCUT2D eigenvalue weighted by atomic mass is 9.98. The Balaban J connectivity index is 0.00000256. The summed E-state index contributed by atoms with van der Waals surface area (Å²) in [6.07, 6.45) is 2.94. The molecule has 3 N–H and O–H groups in total. The molecule has 5 heteroatoms. The van der Waals surface area contributed by atoms with E-state index in [1.54, 1.807) is 0 Å². The second-order valence-corrected chi connectivity index (χ2v) is 4.82. The number of rotatable bonds is 4. The molecule has 102 valence electrons. The first-order valence-electron chi connectivity index (χ1n) is 6.22. The van der Waals surface area contributed by atoms with E-state index < -0.39 is 0 Å². The van der Waals surface area contributed by atoms with Crippen molar-refractivity contribution in [1.82, 2.24) is 5.32 Å². The van der Waals surface area contributed by atoms with Crippen LogP contribution >= 0.6 is 12.4 Å². The molecule has 0 aromatic heterocycles. The summed E-state index contributed by atoms with van der Waals surface area (Å²) in [6.45, 7) is 6.82. The minimum absolute atomic E-state index is 0. The first-order valence-corrected chi connectivity index (χ1v) is 6.22. The molecule has 1 heterocycles. The lowest BCUT2D eigenvalue weighted by molar-refractivity contribution is -0.125. The third-order valence-corrected chi connectivity index (χ3v) is 3.39. The van der Waals surface area contributed by atoms with Crippen LogP contribution in [-0.4, -0.2) is 30.7 Å². The highest BCUT2D eigenvalue weighted by Gasteiger charge is 2.25. The van der Waals surface area contributed by atoms with Gasteiger partial charge in [0.2, 0.25) is 5.91 Å². The van der Waals surface area contributed by atoms with Crippen molar-refractivity contribution in [1.29, 1.82) is 0 Å². The van der Waals surface area contributed by atoms with Gasteiger partial charge in [-0.2, -0.15) is 0 Å². The zero-order chi connectivity index (χ0) is 12.1. The summed E-state index contributed by atoms with van der Waals surface area (Å²) in [6, 6.07) is -0.158. The van der Waals surface area contributed by atoms with Crippen molar-refractivity contribution in [3.05, 3.63) is 0 Å². The molecule has 0 aliphatic carbocycles. The standard InChI is InChI=1S/C12H24N2O2.ClH/c1-4-8(2)11(13)12(15)14-10-5-6-16-9(3)7-10;/h8-11H,4-7,13H2,1-3H3,(H,14,15);1H. The summed E-state index contributed by atoms with van der Waals surface area (Å²) < 4.78 is 5.44. The predicted octanol–water partition coefficient (Wildman–Crippen LogP) is 1.47. The average molecular weight is 265 g/mol. The molecular formula is C12H25ClN2O2. The largest absolute Gasteiger partial charge is 0.378 e. The Hall–Kier alpha value is -0.320. The van der Waals surface area contributed by atoms with Crippen molar-refractivity contribution < 1.29 is 9.53 Å². The van der Waals surface area contributed by atoms with Crippen LogP contribution in [0.5, 0.6) is 0 Å². The fraction of sp³-hybridized carbons (Fsp3) is 0.917. The van der Waals surface area contributed by atoms with Crippen LogP contribution in [0.15, 0.2) is 0 Å². The maximum atomic E-state index is 11.8. The molecule has 0 aromatic rings. The number of amides is 1. The van der Waals surface area contributed by atoms with Gasteiger partial charge in [-0.25, -0.2) is 0 Å². The fourth-order valence-corrected chi connectivity index (χ4v) is 1.94. The van der Waals surface area contributed by atoms with Crippen molar-refractivity contribution in [3.8, 4) is 0 Å². The van der Waals surface area contributed by atoms with Crippen LogP contribution in [0.25, 0.3) is 0 Å². The van der Waals surface area contributed by atoms with Crippen molar-refractivity contribution in [3.63, 3.8) is 0 Å². The smallest absolute Gasteiger partial charge is 0.237 e. The minimum Gasteiger partial charge on any atom is -0.378 e. The van der Waals surface area contributed by atoms with Crippen LogP contribution < -0.4 is 11.1 Å². The Kier molecular flexibility index (Phi) is 7.75. The molecule has 0 spiro atoms. The van der Waals surface area contributed by atoms with Gasteiger partial charge in [-0.15, -0.1) is 12.4 Å². The first-order chi connectivity index (χ1) is 7.54. The summed E-state index contributed by atoms with van der Waals surface area (Å²) >= 11 is 0. The molecule has 0 saturated carbocycles. The molecule has 0 radical (unpaired) electrons. The van der Waals surface area contributed by atoms with Gasteiger partial charge in [-0.3, -0.25) is 4.79 Å². The number of hydrogen-bond donors (Lipinski definition) is 2. The number of carbonyl (C=O) groups excluding carboxylic acids is 1. The highest BCUT2D eigenvalue weighted by atomic mass is 35.5. The molecule has 0 aromatic carbocycles. The number of nitrogens with one attached hydrogen (secondary N) is 1. The second-order valence-electron chi connectivity index (χ2n) is 4.82. The molecule has 4 unspecified atom stereocenters. The summed E-state index contributed by atoms with van der Waals surface area (Å²) in [5, 5.41) is 3.02. The zero-order valence-corrected chi connectivity index (χ0v) is 11.8. The maximum Gasteiger partial charge on any atom is 0.237 e. The van der Waals surface area contributed by atoms with Gasteiger partial charge in [0.05, 0.1) is 12.1 Å². The highest BCUT2D eigenvalue weighted by Crippen LogP contribution is 2.14. The van der Waals surface area contributed by atoms with Gasteiger partial charge in [0.1, 0.15) is 0 Å². The molecule has 4 atom stereocenters. The lowest BCUT2D eigenvalue weighted by Crippen LogP contribution is -2.50. The monoisotopic (exact) mass is 264 g/mol. The van der Waals surface area contributed by atoms with Gasteiger partial charge in [0.15, 0.2) is 0 Å². The van der Waals surface area contributed by atoms with Gasteiger partial charge >= 0.3 is 0 Å². The fourth-order valence-electron chi connectivity index (χ4n) is 1.94. The number of carbonyl (C=O) groups is 1. The van der Waals surface area contributed by atoms with Gasteiger partial charge in [-0.1, -0.05) is 20.3 Å². The Labute approximate surface area is 110 Å². The van der Waals surface area contributed by atoms with E-state index in [4.69, 9.17) is 10.5 Å². The number of hydrogen-bond acceptors (Lipinski definition) is 3. The van der Waals surface area contributed by atoms with Crippen LogP contribution in [0, 0.1) is 5.92 Å². The Morgan fingerprint density at radius 1 is 1.59 bits per heavy atom. The van der Waals surface area contributed by atoms with Crippen molar-refractivity contribution in [2.75, 3.05) is 6.61 Å². The van der Waals surface area contributed by atoms with Crippen LogP contribution in [0.3, 0.4) is 0 Å².